The van der Waals surface area contributed by atoms with Crippen LogP contribution >= 0.6 is 0 Å². The van der Waals surface area contributed by atoms with Crippen LogP contribution in [0.15, 0.2) is 23.4 Å². The van der Waals surface area contributed by atoms with Crippen molar-refractivity contribution in [3.8, 4) is 0 Å². The molecule has 10 heavy (non-hydrogen) atoms. The van der Waals surface area contributed by atoms with Crippen molar-refractivity contribution < 1.29 is 0 Å². The fourth-order valence-corrected chi connectivity index (χ4v) is 0.744. The van der Waals surface area contributed by atoms with E-state index >= 15 is 0 Å². The van der Waals surface area contributed by atoms with Crippen LogP contribution in [0.4, 0.5) is 0 Å². The monoisotopic (exact) mass is 136 g/mol. The first kappa shape index (κ1) is 6.71. The highest BCUT2D eigenvalue weighted by atomic mass is 15.1. The lowest BCUT2D eigenvalue weighted by Gasteiger charge is -1.97. The molecular weight excluding hydrogens is 128 g/mol. The molecule has 0 aliphatic rings. The Morgan fingerprint density at radius 2 is 2.60 bits per heavy atom. The highest BCUT2D eigenvalue weighted by Gasteiger charge is 2.00. The molecule has 0 aromatic carbocycles. The van der Waals surface area contributed by atoms with Crippen LogP contribution in [0, 0.1) is 0 Å². The number of aromatic nitrogens is 1. The molecule has 0 saturated carbocycles. The van der Waals surface area contributed by atoms with Gasteiger partial charge in [0.2, 0.25) is 0 Å². The van der Waals surface area contributed by atoms with Gasteiger partial charge in [0, 0.05) is 16.8 Å². The van der Waals surface area contributed by atoms with Crippen LogP contribution in [-0.2, 0) is 0 Å². The standard InChI is InChI=1S/C6H8N4/c1-5(9-10-7)6-3-2-4-8-6/h2-5,8H,1H3. The van der Waals surface area contributed by atoms with Crippen LogP contribution in [0.5, 0.6) is 0 Å². The van der Waals surface area contributed by atoms with E-state index in [4.69, 9.17) is 5.53 Å². The number of rotatable bonds is 2. The predicted molar refractivity (Wildman–Crippen MR) is 38.4 cm³/mol. The maximum absolute atomic E-state index is 8.08. The summed E-state index contributed by atoms with van der Waals surface area (Å²) in [4.78, 5) is 5.65. The predicted octanol–water partition coefficient (Wildman–Crippen LogP) is 2.39. The zero-order valence-corrected chi connectivity index (χ0v) is 5.65. The van der Waals surface area contributed by atoms with Crippen molar-refractivity contribution in [1.29, 1.82) is 0 Å². The summed E-state index contributed by atoms with van der Waals surface area (Å²) in [6, 6.07) is 3.66. The van der Waals surface area contributed by atoms with E-state index in [2.05, 4.69) is 15.0 Å². The second kappa shape index (κ2) is 2.94. The van der Waals surface area contributed by atoms with Gasteiger partial charge >= 0.3 is 0 Å². The second-order valence-corrected chi connectivity index (χ2v) is 2.01. The number of H-pyrrole nitrogens is 1. The molecule has 52 valence electrons. The Labute approximate surface area is 58.5 Å². The second-order valence-electron chi connectivity index (χ2n) is 2.01. The van der Waals surface area contributed by atoms with Crippen molar-refractivity contribution in [1.82, 2.24) is 4.98 Å². The maximum atomic E-state index is 8.08. The fraction of sp³-hybridized carbons (Fsp3) is 0.333. The third-order valence-electron chi connectivity index (χ3n) is 1.30. The SMILES string of the molecule is CC(N=[N+]=[N-])c1ccc[nH]1. The molecule has 1 aromatic rings. The summed E-state index contributed by atoms with van der Waals surface area (Å²) in [5, 5.41) is 3.52. The third kappa shape index (κ3) is 1.30. The summed E-state index contributed by atoms with van der Waals surface area (Å²) in [5.41, 5.74) is 9.02. The van der Waals surface area contributed by atoms with E-state index in [1.807, 2.05) is 19.1 Å². The minimum atomic E-state index is -0.0972. The molecule has 1 atom stereocenters. The molecule has 0 bridgehead atoms. The molecule has 4 nitrogen and oxygen atoms in total. The quantitative estimate of drug-likeness (QED) is 0.368. The molecule has 0 aliphatic heterocycles. The Bertz CT molecular complexity index is 232. The van der Waals surface area contributed by atoms with Gasteiger partial charge in [-0.25, -0.2) is 0 Å². The number of hydrogen-bond donors (Lipinski definition) is 1. The van der Waals surface area contributed by atoms with Crippen molar-refractivity contribution >= 4 is 0 Å². The maximum Gasteiger partial charge on any atom is 0.0747 e. The molecule has 1 aromatic heterocycles. The van der Waals surface area contributed by atoms with Crippen molar-refractivity contribution in [2.45, 2.75) is 13.0 Å². The summed E-state index contributed by atoms with van der Waals surface area (Å²) in [7, 11) is 0. The Balaban J connectivity index is 2.76. The fourth-order valence-electron chi connectivity index (χ4n) is 0.744. The van der Waals surface area contributed by atoms with Gasteiger partial charge in [-0.3, -0.25) is 0 Å². The first-order valence-corrected chi connectivity index (χ1v) is 3.02. The van der Waals surface area contributed by atoms with Crippen molar-refractivity contribution in [2.75, 3.05) is 0 Å². The molecule has 0 spiro atoms. The summed E-state index contributed by atoms with van der Waals surface area (Å²) >= 11 is 0. The van der Waals surface area contributed by atoms with Gasteiger partial charge in [0.1, 0.15) is 0 Å². The minimum Gasteiger partial charge on any atom is -0.365 e. The number of aromatic amines is 1. The zero-order chi connectivity index (χ0) is 7.40. The summed E-state index contributed by atoms with van der Waals surface area (Å²) in [6.45, 7) is 1.84. The third-order valence-corrected chi connectivity index (χ3v) is 1.30. The highest BCUT2D eigenvalue weighted by molar-refractivity contribution is 5.07. The van der Waals surface area contributed by atoms with Gasteiger partial charge in [-0.2, -0.15) is 0 Å². The summed E-state index contributed by atoms with van der Waals surface area (Å²) < 4.78 is 0. The van der Waals surface area contributed by atoms with Crippen molar-refractivity contribution in [3.63, 3.8) is 0 Å². The van der Waals surface area contributed by atoms with E-state index in [-0.39, 0.29) is 6.04 Å². The molecule has 1 unspecified atom stereocenters. The van der Waals surface area contributed by atoms with Gasteiger partial charge in [-0.05, 0) is 17.7 Å². The average Bonchev–Trinajstić information content (AvgIpc) is 2.38. The van der Waals surface area contributed by atoms with Gasteiger partial charge in [0.05, 0.1) is 6.04 Å². The minimum absolute atomic E-state index is 0.0972. The number of azide groups is 1. The van der Waals surface area contributed by atoms with Crippen LogP contribution in [0.25, 0.3) is 10.4 Å². The number of nitrogens with zero attached hydrogens (tertiary/aromatic N) is 3. The average molecular weight is 136 g/mol. The van der Waals surface area contributed by atoms with Gasteiger partial charge in [0.15, 0.2) is 0 Å². The van der Waals surface area contributed by atoms with Crippen LogP contribution in [-0.4, -0.2) is 4.98 Å². The van der Waals surface area contributed by atoms with E-state index in [0.717, 1.165) is 5.69 Å². The van der Waals surface area contributed by atoms with Gasteiger partial charge in [0.25, 0.3) is 0 Å². The topological polar surface area (TPSA) is 64.6 Å². The van der Waals surface area contributed by atoms with Crippen LogP contribution in [0.1, 0.15) is 18.7 Å². The largest absolute Gasteiger partial charge is 0.365 e. The van der Waals surface area contributed by atoms with E-state index in [0.29, 0.717) is 0 Å². The van der Waals surface area contributed by atoms with Gasteiger partial charge in [-0.1, -0.05) is 12.0 Å². The van der Waals surface area contributed by atoms with Crippen LogP contribution in [0.2, 0.25) is 0 Å². The van der Waals surface area contributed by atoms with Crippen LogP contribution in [0.3, 0.4) is 0 Å². The summed E-state index contributed by atoms with van der Waals surface area (Å²) in [5.74, 6) is 0. The lowest BCUT2D eigenvalue weighted by atomic mass is 10.3. The molecule has 1 rings (SSSR count). The Kier molecular flexibility index (Phi) is 1.97. The highest BCUT2D eigenvalue weighted by Crippen LogP contribution is 2.12. The summed E-state index contributed by atoms with van der Waals surface area (Å²) in [6.07, 6.45) is 1.80. The molecule has 4 heteroatoms. The molecule has 0 saturated heterocycles. The van der Waals surface area contributed by atoms with E-state index in [1.165, 1.54) is 0 Å². The molecule has 0 radical (unpaired) electrons. The first-order valence-electron chi connectivity index (χ1n) is 3.02. The van der Waals surface area contributed by atoms with Gasteiger partial charge in [-0.15, -0.1) is 0 Å². The van der Waals surface area contributed by atoms with Crippen molar-refractivity contribution in [3.05, 3.63) is 34.5 Å². The van der Waals surface area contributed by atoms with Crippen molar-refractivity contribution in [2.24, 2.45) is 5.11 Å². The van der Waals surface area contributed by atoms with E-state index in [9.17, 15) is 0 Å². The molecule has 0 amide bonds. The smallest absolute Gasteiger partial charge is 0.0747 e. The normalized spacial score (nSPS) is 12.1. The molecule has 1 N–H and O–H groups in total. The number of nitrogens with one attached hydrogen (secondary N) is 1. The van der Waals surface area contributed by atoms with Crippen LogP contribution < -0.4 is 0 Å². The first-order chi connectivity index (χ1) is 4.84. The Hall–Kier alpha value is -1.41. The Morgan fingerprint density at radius 1 is 1.80 bits per heavy atom. The lowest BCUT2D eigenvalue weighted by molar-refractivity contribution is 0.780. The van der Waals surface area contributed by atoms with E-state index in [1.54, 1.807) is 6.20 Å². The molecule has 1 heterocycles. The molecule has 0 aliphatic carbocycles. The van der Waals surface area contributed by atoms with E-state index < -0.39 is 0 Å². The number of hydrogen-bond acceptors (Lipinski definition) is 1. The Morgan fingerprint density at radius 3 is 3.10 bits per heavy atom. The lowest BCUT2D eigenvalue weighted by Crippen LogP contribution is -1.85. The molecule has 0 fully saturated rings. The molecular formula is C6H8N4. The zero-order valence-electron chi connectivity index (χ0n) is 5.65. The van der Waals surface area contributed by atoms with Gasteiger partial charge < -0.3 is 4.98 Å².